The molecule has 3 aromatic carbocycles. The number of amides is 2. The minimum atomic E-state index is -0.104. The summed E-state index contributed by atoms with van der Waals surface area (Å²) in [7, 11) is 0. The van der Waals surface area contributed by atoms with Gasteiger partial charge in [-0.15, -0.1) is 0 Å². The van der Waals surface area contributed by atoms with E-state index in [9.17, 15) is 9.59 Å². The highest BCUT2D eigenvalue weighted by atomic mass is 35.5. The Morgan fingerprint density at radius 3 is 2.47 bits per heavy atom. The van der Waals surface area contributed by atoms with Crippen LogP contribution < -0.4 is 5.32 Å². The lowest BCUT2D eigenvalue weighted by molar-refractivity contribution is -0.126. The van der Waals surface area contributed by atoms with Gasteiger partial charge in [0.25, 0.3) is 5.91 Å². The van der Waals surface area contributed by atoms with Crippen LogP contribution in [0.3, 0.4) is 0 Å². The van der Waals surface area contributed by atoms with Crippen molar-refractivity contribution < 1.29 is 9.59 Å². The van der Waals surface area contributed by atoms with Gasteiger partial charge < -0.3 is 10.2 Å². The van der Waals surface area contributed by atoms with E-state index in [0.717, 1.165) is 16.3 Å². The van der Waals surface area contributed by atoms with Gasteiger partial charge in [-0.2, -0.15) is 0 Å². The summed E-state index contributed by atoms with van der Waals surface area (Å²) in [4.78, 5) is 27.5. The molecule has 0 bridgehead atoms. The van der Waals surface area contributed by atoms with Gasteiger partial charge in [0.2, 0.25) is 5.91 Å². The Morgan fingerprint density at radius 2 is 1.70 bits per heavy atom. The molecular weight excluding hydrogens is 419 g/mol. The number of hydrogen-bond acceptors (Lipinski definition) is 2. The second-order valence-electron chi connectivity index (χ2n) is 7.55. The minimum absolute atomic E-state index is 0.00160. The first-order valence-corrected chi connectivity index (χ1v) is 10.8. The van der Waals surface area contributed by atoms with Gasteiger partial charge in [0, 0.05) is 41.2 Å². The van der Waals surface area contributed by atoms with Crippen LogP contribution in [0.4, 0.5) is 0 Å². The molecule has 0 radical (unpaired) electrons. The summed E-state index contributed by atoms with van der Waals surface area (Å²) in [5.74, 6) is -0.0791. The molecule has 154 valence electrons. The molecule has 4 rings (SSSR count). The van der Waals surface area contributed by atoms with Crippen LogP contribution >= 0.6 is 23.2 Å². The van der Waals surface area contributed by atoms with Gasteiger partial charge in [-0.25, -0.2) is 0 Å². The number of likely N-dealkylation sites (tertiary alicyclic amines) is 1. The van der Waals surface area contributed by atoms with Gasteiger partial charge in [-0.1, -0.05) is 65.7 Å². The molecule has 1 heterocycles. The lowest BCUT2D eigenvalue weighted by Gasteiger charge is -2.31. The third kappa shape index (κ3) is 4.45. The fraction of sp³-hybridized carbons (Fsp3) is 0.250. The largest absolute Gasteiger partial charge is 0.352 e. The molecule has 0 atom stereocenters. The highest BCUT2D eigenvalue weighted by Crippen LogP contribution is 2.24. The summed E-state index contributed by atoms with van der Waals surface area (Å²) in [5, 5.41) is 6.08. The van der Waals surface area contributed by atoms with E-state index in [1.807, 2.05) is 53.4 Å². The Hall–Kier alpha value is -2.56. The van der Waals surface area contributed by atoms with E-state index in [2.05, 4.69) is 5.32 Å². The maximum atomic E-state index is 13.1. The van der Waals surface area contributed by atoms with Crippen molar-refractivity contribution in [3.05, 3.63) is 81.8 Å². The lowest BCUT2D eigenvalue weighted by atomic mass is 9.94. The smallest absolute Gasteiger partial charge is 0.254 e. The fourth-order valence-electron chi connectivity index (χ4n) is 3.92. The number of carbonyl (C=O) groups is 2. The summed E-state index contributed by atoms with van der Waals surface area (Å²) in [6, 6.07) is 18.9. The molecule has 0 saturated carbocycles. The van der Waals surface area contributed by atoms with Gasteiger partial charge in [0.1, 0.15) is 0 Å². The van der Waals surface area contributed by atoms with Crippen molar-refractivity contribution in [1.29, 1.82) is 0 Å². The quantitative estimate of drug-likeness (QED) is 0.596. The summed E-state index contributed by atoms with van der Waals surface area (Å²) in [6.07, 6.45) is 1.30. The van der Waals surface area contributed by atoms with Crippen molar-refractivity contribution in [3.63, 3.8) is 0 Å². The average Bonchev–Trinajstić information content (AvgIpc) is 2.77. The molecule has 30 heavy (non-hydrogen) atoms. The van der Waals surface area contributed by atoms with E-state index in [1.165, 1.54) is 0 Å². The zero-order valence-electron chi connectivity index (χ0n) is 16.4. The standard InChI is InChI=1S/C24H22Cl2N2O2/c25-19-9-8-18(22(26)14-19)15-27-23(29)17-10-12-28(13-11-17)24(30)21-7-3-5-16-4-1-2-6-20(16)21/h1-9,14,17H,10-13,15H2,(H,27,29). The maximum absolute atomic E-state index is 13.1. The Morgan fingerprint density at radius 1 is 0.967 bits per heavy atom. The topological polar surface area (TPSA) is 49.4 Å². The molecule has 1 aliphatic heterocycles. The molecular formula is C24H22Cl2N2O2. The van der Waals surface area contributed by atoms with E-state index in [4.69, 9.17) is 23.2 Å². The number of rotatable bonds is 4. The van der Waals surface area contributed by atoms with Crippen LogP contribution in [-0.2, 0) is 11.3 Å². The number of nitrogens with one attached hydrogen (secondary N) is 1. The zero-order valence-corrected chi connectivity index (χ0v) is 17.9. The second kappa shape index (κ2) is 9.07. The van der Waals surface area contributed by atoms with Crippen LogP contribution in [0.2, 0.25) is 10.0 Å². The van der Waals surface area contributed by atoms with Gasteiger partial charge in [0.15, 0.2) is 0 Å². The van der Waals surface area contributed by atoms with Crippen LogP contribution in [0.25, 0.3) is 10.8 Å². The molecule has 1 saturated heterocycles. The second-order valence-corrected chi connectivity index (χ2v) is 8.39. The van der Waals surface area contributed by atoms with Gasteiger partial charge in [0.05, 0.1) is 0 Å². The molecule has 0 aliphatic carbocycles. The molecule has 1 fully saturated rings. The van der Waals surface area contributed by atoms with Crippen molar-refractivity contribution in [2.75, 3.05) is 13.1 Å². The Labute approximate surface area is 185 Å². The zero-order chi connectivity index (χ0) is 21.1. The SMILES string of the molecule is O=C(NCc1ccc(Cl)cc1Cl)C1CCN(C(=O)c2cccc3ccccc23)CC1. The number of fused-ring (bicyclic) bond motifs is 1. The third-order valence-electron chi connectivity index (χ3n) is 5.64. The number of nitrogens with zero attached hydrogens (tertiary/aromatic N) is 1. The van der Waals surface area contributed by atoms with Crippen molar-refractivity contribution in [2.45, 2.75) is 19.4 Å². The lowest BCUT2D eigenvalue weighted by Crippen LogP contribution is -2.43. The molecule has 1 N–H and O–H groups in total. The van der Waals surface area contributed by atoms with Crippen LogP contribution in [-0.4, -0.2) is 29.8 Å². The van der Waals surface area contributed by atoms with Crippen molar-refractivity contribution in [3.8, 4) is 0 Å². The number of piperidine rings is 1. The molecule has 1 aliphatic rings. The number of halogens is 2. The summed E-state index contributed by atoms with van der Waals surface area (Å²) >= 11 is 12.1. The predicted molar refractivity (Wildman–Crippen MR) is 121 cm³/mol. The first kappa shape index (κ1) is 20.7. The monoisotopic (exact) mass is 440 g/mol. The molecule has 6 heteroatoms. The van der Waals surface area contributed by atoms with Crippen molar-refractivity contribution >= 4 is 45.8 Å². The molecule has 2 amide bonds. The first-order valence-electron chi connectivity index (χ1n) is 10.0. The first-order chi connectivity index (χ1) is 14.5. The highest BCUT2D eigenvalue weighted by Gasteiger charge is 2.28. The van der Waals surface area contributed by atoms with Gasteiger partial charge in [-0.3, -0.25) is 9.59 Å². The predicted octanol–water partition coefficient (Wildman–Crippen LogP) is 5.32. The van der Waals surface area contributed by atoms with E-state index in [0.29, 0.717) is 48.1 Å². The molecule has 0 aromatic heterocycles. The Kier molecular flexibility index (Phi) is 6.26. The van der Waals surface area contributed by atoms with E-state index in [-0.39, 0.29) is 17.7 Å². The number of hydrogen-bond donors (Lipinski definition) is 1. The van der Waals surface area contributed by atoms with Gasteiger partial charge >= 0.3 is 0 Å². The minimum Gasteiger partial charge on any atom is -0.352 e. The highest BCUT2D eigenvalue weighted by molar-refractivity contribution is 6.35. The Bertz CT molecular complexity index is 1090. The van der Waals surface area contributed by atoms with Crippen LogP contribution in [0.1, 0.15) is 28.8 Å². The van der Waals surface area contributed by atoms with E-state index >= 15 is 0 Å². The van der Waals surface area contributed by atoms with E-state index in [1.54, 1.807) is 12.1 Å². The normalized spacial score (nSPS) is 14.7. The number of benzene rings is 3. The van der Waals surface area contributed by atoms with E-state index < -0.39 is 0 Å². The third-order valence-corrected chi connectivity index (χ3v) is 6.23. The summed E-state index contributed by atoms with van der Waals surface area (Å²) in [5.41, 5.74) is 1.55. The summed E-state index contributed by atoms with van der Waals surface area (Å²) < 4.78 is 0. The van der Waals surface area contributed by atoms with Crippen molar-refractivity contribution in [2.24, 2.45) is 5.92 Å². The Balaban J connectivity index is 1.35. The molecule has 0 unspecified atom stereocenters. The van der Waals surface area contributed by atoms with Crippen LogP contribution in [0.5, 0.6) is 0 Å². The summed E-state index contributed by atoms with van der Waals surface area (Å²) in [6.45, 7) is 1.51. The van der Waals surface area contributed by atoms with Crippen LogP contribution in [0, 0.1) is 5.92 Å². The molecule has 4 nitrogen and oxygen atoms in total. The molecule has 3 aromatic rings. The fourth-order valence-corrected chi connectivity index (χ4v) is 4.39. The van der Waals surface area contributed by atoms with Crippen LogP contribution in [0.15, 0.2) is 60.7 Å². The number of carbonyl (C=O) groups excluding carboxylic acids is 2. The average molecular weight is 441 g/mol. The molecule has 0 spiro atoms. The maximum Gasteiger partial charge on any atom is 0.254 e. The van der Waals surface area contributed by atoms with Crippen molar-refractivity contribution in [1.82, 2.24) is 10.2 Å². The van der Waals surface area contributed by atoms with Gasteiger partial charge in [-0.05, 0) is 47.4 Å².